The number of carboxylic acids is 1. The van der Waals surface area contributed by atoms with Crippen molar-refractivity contribution in [1.29, 1.82) is 0 Å². The molecule has 1 N–H and O–H groups in total. The molecule has 2 unspecified atom stereocenters. The number of aromatic carboxylic acids is 1. The molecule has 2 atom stereocenters. The van der Waals surface area contributed by atoms with Gasteiger partial charge in [0.2, 0.25) is 0 Å². The van der Waals surface area contributed by atoms with Crippen molar-refractivity contribution in [3.63, 3.8) is 0 Å². The Morgan fingerprint density at radius 1 is 1.25 bits per heavy atom. The molecule has 0 radical (unpaired) electrons. The van der Waals surface area contributed by atoms with Gasteiger partial charge in [-0.2, -0.15) is 5.10 Å². The minimum atomic E-state index is -0.912. The molecule has 2 aliphatic rings. The fraction of sp³-hybridized carbons (Fsp3) is 0.333. The zero-order valence-electron chi connectivity index (χ0n) is 10.7. The Kier molecular flexibility index (Phi) is 2.54. The summed E-state index contributed by atoms with van der Waals surface area (Å²) in [6.45, 7) is 0. The normalized spacial score (nSPS) is 23.1. The number of aromatic nitrogens is 2. The average Bonchev–Trinajstić information content (AvgIpc) is 3.11. The van der Waals surface area contributed by atoms with Crippen molar-refractivity contribution in [2.75, 3.05) is 0 Å². The number of carboxylic acid groups (broad SMARTS) is 1. The standard InChI is InChI=1S/C15H13BrN2O2/c16-10-3-5-11(6-4-10)18-14-9-2-1-8(7-9)12(14)13(17-18)15(19)20/h3-6,8-9H,1-2,7H2,(H,19,20). The summed E-state index contributed by atoms with van der Waals surface area (Å²) in [5.74, 6) is -0.0470. The average molecular weight is 333 g/mol. The molecule has 1 fully saturated rings. The third-order valence-electron chi connectivity index (χ3n) is 4.46. The van der Waals surface area contributed by atoms with Crippen LogP contribution in [0.2, 0.25) is 0 Å². The van der Waals surface area contributed by atoms with Crippen LogP contribution in [0.3, 0.4) is 0 Å². The van der Waals surface area contributed by atoms with Crippen molar-refractivity contribution in [1.82, 2.24) is 9.78 Å². The summed E-state index contributed by atoms with van der Waals surface area (Å²) in [6, 6.07) is 7.85. The molecule has 2 aromatic rings. The molecule has 2 aliphatic carbocycles. The predicted molar refractivity (Wildman–Crippen MR) is 77.6 cm³/mol. The van der Waals surface area contributed by atoms with Crippen molar-refractivity contribution in [3.05, 3.63) is 45.7 Å². The van der Waals surface area contributed by atoms with Crippen LogP contribution in [-0.4, -0.2) is 20.9 Å². The van der Waals surface area contributed by atoms with Crippen LogP contribution in [0.15, 0.2) is 28.7 Å². The molecule has 0 aliphatic heterocycles. The minimum absolute atomic E-state index is 0.245. The molecule has 4 rings (SSSR count). The van der Waals surface area contributed by atoms with Gasteiger partial charge >= 0.3 is 5.97 Å². The molecule has 0 amide bonds. The monoisotopic (exact) mass is 332 g/mol. The van der Waals surface area contributed by atoms with E-state index in [4.69, 9.17) is 0 Å². The summed E-state index contributed by atoms with van der Waals surface area (Å²) in [6.07, 6.45) is 3.34. The van der Waals surface area contributed by atoms with Gasteiger partial charge in [-0.25, -0.2) is 9.48 Å². The van der Waals surface area contributed by atoms with Gasteiger partial charge in [-0.3, -0.25) is 0 Å². The van der Waals surface area contributed by atoms with Crippen LogP contribution in [0.4, 0.5) is 0 Å². The first kappa shape index (κ1) is 12.1. The Bertz CT molecular complexity index is 705. The maximum atomic E-state index is 11.5. The van der Waals surface area contributed by atoms with Crippen LogP contribution in [0.25, 0.3) is 5.69 Å². The summed E-state index contributed by atoms with van der Waals surface area (Å²) in [5.41, 5.74) is 3.29. The summed E-state index contributed by atoms with van der Waals surface area (Å²) < 4.78 is 2.85. The van der Waals surface area contributed by atoms with Gasteiger partial charge in [0.15, 0.2) is 5.69 Å². The van der Waals surface area contributed by atoms with E-state index in [0.717, 1.165) is 40.7 Å². The Morgan fingerprint density at radius 3 is 2.65 bits per heavy atom. The van der Waals surface area contributed by atoms with Gasteiger partial charge in [0, 0.05) is 16.0 Å². The Hall–Kier alpha value is -1.62. The van der Waals surface area contributed by atoms with Crippen LogP contribution in [0.1, 0.15) is 52.8 Å². The first-order chi connectivity index (χ1) is 9.65. The third kappa shape index (κ3) is 1.59. The topological polar surface area (TPSA) is 55.1 Å². The molecular weight excluding hydrogens is 320 g/mol. The highest BCUT2D eigenvalue weighted by molar-refractivity contribution is 9.10. The minimum Gasteiger partial charge on any atom is -0.476 e. The number of benzene rings is 1. The molecule has 1 aromatic heterocycles. The summed E-state index contributed by atoms with van der Waals surface area (Å²) in [7, 11) is 0. The molecule has 1 heterocycles. The van der Waals surface area contributed by atoms with Crippen LogP contribution in [0, 0.1) is 0 Å². The van der Waals surface area contributed by atoms with E-state index in [0.29, 0.717) is 11.8 Å². The number of hydrogen-bond donors (Lipinski definition) is 1. The van der Waals surface area contributed by atoms with Crippen molar-refractivity contribution in [2.45, 2.75) is 31.1 Å². The Morgan fingerprint density at radius 2 is 1.95 bits per heavy atom. The van der Waals surface area contributed by atoms with E-state index in [1.165, 1.54) is 0 Å². The first-order valence-electron chi connectivity index (χ1n) is 6.77. The molecule has 0 spiro atoms. The summed E-state index contributed by atoms with van der Waals surface area (Å²) >= 11 is 3.42. The molecule has 1 saturated carbocycles. The van der Waals surface area contributed by atoms with Crippen LogP contribution in [0.5, 0.6) is 0 Å². The highest BCUT2D eigenvalue weighted by Crippen LogP contribution is 2.54. The fourth-order valence-corrected chi connectivity index (χ4v) is 3.93. The van der Waals surface area contributed by atoms with E-state index < -0.39 is 5.97 Å². The second-order valence-corrected chi connectivity index (χ2v) is 6.46. The van der Waals surface area contributed by atoms with E-state index >= 15 is 0 Å². The van der Waals surface area contributed by atoms with E-state index in [9.17, 15) is 9.90 Å². The fourth-order valence-electron chi connectivity index (χ4n) is 3.67. The quantitative estimate of drug-likeness (QED) is 0.912. The van der Waals surface area contributed by atoms with E-state index in [1.807, 2.05) is 28.9 Å². The maximum Gasteiger partial charge on any atom is 0.356 e. The number of nitrogens with zero attached hydrogens (tertiary/aromatic N) is 2. The number of rotatable bonds is 2. The molecule has 5 heteroatoms. The lowest BCUT2D eigenvalue weighted by Crippen LogP contribution is -2.05. The van der Waals surface area contributed by atoms with E-state index in [1.54, 1.807) is 0 Å². The van der Waals surface area contributed by atoms with E-state index in [2.05, 4.69) is 21.0 Å². The molecule has 1 aromatic carbocycles. The third-order valence-corrected chi connectivity index (χ3v) is 4.99. The van der Waals surface area contributed by atoms with Crippen LogP contribution >= 0.6 is 15.9 Å². The highest BCUT2D eigenvalue weighted by Gasteiger charge is 2.44. The molecule has 4 nitrogen and oxygen atoms in total. The number of halogens is 1. The van der Waals surface area contributed by atoms with Crippen molar-refractivity contribution in [3.8, 4) is 5.69 Å². The van der Waals surface area contributed by atoms with Gasteiger partial charge in [-0.1, -0.05) is 15.9 Å². The van der Waals surface area contributed by atoms with Crippen molar-refractivity contribution in [2.24, 2.45) is 0 Å². The zero-order valence-corrected chi connectivity index (χ0v) is 12.3. The van der Waals surface area contributed by atoms with Gasteiger partial charge in [-0.15, -0.1) is 0 Å². The van der Waals surface area contributed by atoms with Gasteiger partial charge in [0.05, 0.1) is 11.4 Å². The Labute approximate surface area is 124 Å². The number of fused-ring (bicyclic) bond motifs is 5. The highest BCUT2D eigenvalue weighted by atomic mass is 79.9. The Balaban J connectivity index is 1.93. The second kappa shape index (κ2) is 4.19. The largest absolute Gasteiger partial charge is 0.476 e. The van der Waals surface area contributed by atoms with Crippen molar-refractivity contribution >= 4 is 21.9 Å². The van der Waals surface area contributed by atoms with Crippen LogP contribution in [-0.2, 0) is 0 Å². The van der Waals surface area contributed by atoms with Crippen molar-refractivity contribution < 1.29 is 9.90 Å². The van der Waals surface area contributed by atoms with Gasteiger partial charge in [0.1, 0.15) is 0 Å². The van der Waals surface area contributed by atoms with Gasteiger partial charge in [-0.05, 0) is 49.4 Å². The molecule has 2 bridgehead atoms. The van der Waals surface area contributed by atoms with E-state index in [-0.39, 0.29) is 5.69 Å². The predicted octanol–water partition coefficient (Wildman–Crippen LogP) is 3.70. The van der Waals surface area contributed by atoms with Crippen LogP contribution < -0.4 is 0 Å². The maximum absolute atomic E-state index is 11.5. The zero-order chi connectivity index (χ0) is 13.9. The number of carbonyl (C=O) groups is 1. The molecule has 102 valence electrons. The SMILES string of the molecule is O=C(O)c1nn(-c2ccc(Br)cc2)c2c1C1CCC2C1. The smallest absolute Gasteiger partial charge is 0.356 e. The van der Waals surface area contributed by atoms with Gasteiger partial charge in [0.25, 0.3) is 0 Å². The lowest BCUT2D eigenvalue weighted by Gasteiger charge is -2.13. The summed E-state index contributed by atoms with van der Waals surface area (Å²) in [5, 5.41) is 13.8. The number of hydrogen-bond acceptors (Lipinski definition) is 2. The second-order valence-electron chi connectivity index (χ2n) is 5.55. The first-order valence-corrected chi connectivity index (χ1v) is 7.56. The lowest BCUT2D eigenvalue weighted by atomic mass is 9.95. The molecule has 20 heavy (non-hydrogen) atoms. The van der Waals surface area contributed by atoms with Gasteiger partial charge < -0.3 is 5.11 Å². The lowest BCUT2D eigenvalue weighted by molar-refractivity contribution is 0.0688. The molecule has 0 saturated heterocycles. The summed E-state index contributed by atoms with van der Waals surface area (Å²) in [4.78, 5) is 11.5. The molecular formula is C15H13BrN2O2.